The van der Waals surface area contributed by atoms with Gasteiger partial charge in [-0.15, -0.1) is 0 Å². The molecule has 0 radical (unpaired) electrons. The van der Waals surface area contributed by atoms with Gasteiger partial charge in [-0.2, -0.15) is 0 Å². The van der Waals surface area contributed by atoms with Crippen LogP contribution in [0.2, 0.25) is 0 Å². The Kier molecular flexibility index (Phi) is 4.65. The second kappa shape index (κ2) is 6.87. The Morgan fingerprint density at radius 3 is 2.50 bits per heavy atom. The van der Waals surface area contributed by atoms with Gasteiger partial charge in [0.15, 0.2) is 0 Å². The first-order valence-electron chi connectivity index (χ1n) is 8.30. The first kappa shape index (κ1) is 16.2. The van der Waals surface area contributed by atoms with Crippen molar-refractivity contribution >= 4 is 17.5 Å². The molecule has 0 aromatic heterocycles. The molecular formula is C20H22N2O2. The van der Waals surface area contributed by atoms with Gasteiger partial charge in [-0.25, -0.2) is 0 Å². The van der Waals surface area contributed by atoms with E-state index in [1.54, 1.807) is 4.90 Å². The Hall–Kier alpha value is -2.62. The molecule has 1 fully saturated rings. The van der Waals surface area contributed by atoms with Crippen LogP contribution in [0.15, 0.2) is 48.5 Å². The minimum absolute atomic E-state index is 0.0723. The standard InChI is InChI=1S/C20H22N2O2/c1-14-8-10-16(11-9-14)20(24)22-12-4-7-18(22)19(23)21-17-6-3-5-15(2)13-17/h3,5-6,8-11,13,18H,4,7,12H2,1-2H3,(H,21,23). The number of anilines is 1. The number of benzene rings is 2. The molecule has 0 aliphatic carbocycles. The van der Waals surface area contributed by atoms with Crippen LogP contribution in [-0.4, -0.2) is 29.3 Å². The number of nitrogens with zero attached hydrogens (tertiary/aromatic N) is 1. The van der Waals surface area contributed by atoms with Crippen molar-refractivity contribution in [2.24, 2.45) is 0 Å². The Morgan fingerprint density at radius 2 is 1.79 bits per heavy atom. The molecule has 1 unspecified atom stereocenters. The van der Waals surface area contributed by atoms with E-state index in [0.29, 0.717) is 18.5 Å². The summed E-state index contributed by atoms with van der Waals surface area (Å²) in [6, 6.07) is 14.8. The lowest BCUT2D eigenvalue weighted by atomic mass is 10.1. The lowest BCUT2D eigenvalue weighted by molar-refractivity contribution is -0.119. The zero-order valence-corrected chi connectivity index (χ0v) is 14.1. The second-order valence-corrected chi connectivity index (χ2v) is 6.38. The van der Waals surface area contributed by atoms with Crippen molar-refractivity contribution in [2.75, 3.05) is 11.9 Å². The normalized spacial score (nSPS) is 16.9. The minimum atomic E-state index is -0.403. The highest BCUT2D eigenvalue weighted by atomic mass is 16.2. The van der Waals surface area contributed by atoms with Gasteiger partial charge in [-0.1, -0.05) is 29.8 Å². The van der Waals surface area contributed by atoms with Gasteiger partial charge in [0.05, 0.1) is 0 Å². The van der Waals surface area contributed by atoms with Crippen molar-refractivity contribution in [3.63, 3.8) is 0 Å². The van der Waals surface area contributed by atoms with Crippen LogP contribution in [0.25, 0.3) is 0 Å². The zero-order chi connectivity index (χ0) is 17.1. The van der Waals surface area contributed by atoms with Gasteiger partial charge >= 0.3 is 0 Å². The summed E-state index contributed by atoms with van der Waals surface area (Å²) in [4.78, 5) is 27.0. The first-order valence-corrected chi connectivity index (χ1v) is 8.30. The number of carbonyl (C=O) groups excluding carboxylic acids is 2. The SMILES string of the molecule is Cc1ccc(C(=O)N2CCCC2C(=O)Nc2cccc(C)c2)cc1. The van der Waals surface area contributed by atoms with E-state index in [4.69, 9.17) is 0 Å². The molecular weight excluding hydrogens is 300 g/mol. The predicted octanol–water partition coefficient (Wildman–Crippen LogP) is 3.55. The van der Waals surface area contributed by atoms with Crippen LogP contribution in [0.3, 0.4) is 0 Å². The van der Waals surface area contributed by atoms with E-state index in [-0.39, 0.29) is 11.8 Å². The lowest BCUT2D eigenvalue weighted by Crippen LogP contribution is -2.43. The number of rotatable bonds is 3. The number of hydrogen-bond donors (Lipinski definition) is 1. The van der Waals surface area contributed by atoms with Gasteiger partial charge < -0.3 is 10.2 Å². The maximum atomic E-state index is 12.7. The van der Waals surface area contributed by atoms with Crippen molar-refractivity contribution in [3.05, 3.63) is 65.2 Å². The van der Waals surface area contributed by atoms with Crippen molar-refractivity contribution in [1.82, 2.24) is 4.90 Å². The van der Waals surface area contributed by atoms with Gasteiger partial charge in [0.1, 0.15) is 6.04 Å². The molecule has 1 aliphatic heterocycles. The maximum Gasteiger partial charge on any atom is 0.254 e. The third-order valence-corrected chi connectivity index (χ3v) is 4.40. The molecule has 4 nitrogen and oxygen atoms in total. The van der Waals surface area contributed by atoms with Gasteiger partial charge in [0.2, 0.25) is 5.91 Å². The fraction of sp³-hybridized carbons (Fsp3) is 0.300. The van der Waals surface area contributed by atoms with E-state index in [1.807, 2.05) is 62.4 Å². The number of likely N-dealkylation sites (tertiary alicyclic amines) is 1. The Labute approximate surface area is 142 Å². The third kappa shape index (κ3) is 3.48. The fourth-order valence-corrected chi connectivity index (χ4v) is 3.09. The predicted molar refractivity (Wildman–Crippen MR) is 95.0 cm³/mol. The molecule has 0 bridgehead atoms. The fourth-order valence-electron chi connectivity index (χ4n) is 3.09. The summed E-state index contributed by atoms with van der Waals surface area (Å²) in [5.41, 5.74) is 3.61. The summed E-state index contributed by atoms with van der Waals surface area (Å²) in [5, 5.41) is 2.94. The molecule has 2 aromatic carbocycles. The van der Waals surface area contributed by atoms with E-state index in [2.05, 4.69) is 5.32 Å². The van der Waals surface area contributed by atoms with Crippen molar-refractivity contribution < 1.29 is 9.59 Å². The van der Waals surface area contributed by atoms with Crippen LogP contribution >= 0.6 is 0 Å². The topological polar surface area (TPSA) is 49.4 Å². The Morgan fingerprint density at radius 1 is 1.04 bits per heavy atom. The number of amides is 2. The van der Waals surface area contributed by atoms with Crippen LogP contribution in [0.5, 0.6) is 0 Å². The van der Waals surface area contributed by atoms with Crippen LogP contribution in [0.4, 0.5) is 5.69 Å². The first-order chi connectivity index (χ1) is 11.5. The summed E-state index contributed by atoms with van der Waals surface area (Å²) in [5.74, 6) is -0.185. The van der Waals surface area contributed by atoms with Gasteiger partial charge in [0, 0.05) is 17.8 Å². The minimum Gasteiger partial charge on any atom is -0.327 e. The highest BCUT2D eigenvalue weighted by molar-refractivity contribution is 6.01. The van der Waals surface area contributed by atoms with Crippen LogP contribution in [0.1, 0.15) is 34.3 Å². The van der Waals surface area contributed by atoms with Gasteiger partial charge in [-0.05, 0) is 56.5 Å². The van der Waals surface area contributed by atoms with E-state index < -0.39 is 6.04 Å². The molecule has 1 saturated heterocycles. The van der Waals surface area contributed by atoms with Crippen molar-refractivity contribution in [3.8, 4) is 0 Å². The number of aryl methyl sites for hydroxylation is 2. The Balaban J connectivity index is 1.73. The summed E-state index contributed by atoms with van der Waals surface area (Å²) < 4.78 is 0. The molecule has 124 valence electrons. The molecule has 1 aliphatic rings. The smallest absolute Gasteiger partial charge is 0.254 e. The van der Waals surface area contributed by atoms with E-state index in [9.17, 15) is 9.59 Å². The second-order valence-electron chi connectivity index (χ2n) is 6.38. The van der Waals surface area contributed by atoms with E-state index >= 15 is 0 Å². The average molecular weight is 322 g/mol. The molecule has 24 heavy (non-hydrogen) atoms. The monoisotopic (exact) mass is 322 g/mol. The molecule has 1 atom stereocenters. The zero-order valence-electron chi connectivity index (χ0n) is 14.1. The number of hydrogen-bond acceptors (Lipinski definition) is 2. The largest absolute Gasteiger partial charge is 0.327 e. The van der Waals surface area contributed by atoms with Gasteiger partial charge in [0.25, 0.3) is 5.91 Å². The molecule has 1 N–H and O–H groups in total. The van der Waals surface area contributed by atoms with Crippen LogP contribution in [0, 0.1) is 13.8 Å². The maximum absolute atomic E-state index is 12.7. The lowest BCUT2D eigenvalue weighted by Gasteiger charge is -2.24. The molecule has 0 spiro atoms. The Bertz CT molecular complexity index is 752. The molecule has 1 heterocycles. The number of nitrogens with one attached hydrogen (secondary N) is 1. The summed E-state index contributed by atoms with van der Waals surface area (Å²) in [6.07, 6.45) is 1.55. The average Bonchev–Trinajstić information content (AvgIpc) is 3.04. The van der Waals surface area contributed by atoms with Crippen molar-refractivity contribution in [2.45, 2.75) is 32.7 Å². The number of carbonyl (C=O) groups is 2. The van der Waals surface area contributed by atoms with E-state index in [1.165, 1.54) is 0 Å². The van der Waals surface area contributed by atoms with E-state index in [0.717, 1.165) is 23.2 Å². The van der Waals surface area contributed by atoms with Gasteiger partial charge in [-0.3, -0.25) is 9.59 Å². The molecule has 3 rings (SSSR count). The summed E-state index contributed by atoms with van der Waals surface area (Å²) in [7, 11) is 0. The highest BCUT2D eigenvalue weighted by Gasteiger charge is 2.34. The highest BCUT2D eigenvalue weighted by Crippen LogP contribution is 2.22. The molecule has 4 heteroatoms. The van der Waals surface area contributed by atoms with Crippen LogP contribution < -0.4 is 5.32 Å². The van der Waals surface area contributed by atoms with Crippen LogP contribution in [-0.2, 0) is 4.79 Å². The molecule has 2 aromatic rings. The summed E-state index contributed by atoms with van der Waals surface area (Å²) in [6.45, 7) is 4.60. The third-order valence-electron chi connectivity index (χ3n) is 4.40. The molecule has 0 saturated carbocycles. The quantitative estimate of drug-likeness (QED) is 0.939. The van der Waals surface area contributed by atoms with Crippen molar-refractivity contribution in [1.29, 1.82) is 0 Å². The summed E-state index contributed by atoms with van der Waals surface area (Å²) >= 11 is 0. The molecule has 2 amide bonds.